The number of phenolic OH excluding ortho intramolecular Hbond substituents is 1. The van der Waals surface area contributed by atoms with Crippen LogP contribution >= 0.6 is 0 Å². The van der Waals surface area contributed by atoms with E-state index in [2.05, 4.69) is 41.5 Å². The Morgan fingerprint density at radius 3 is 2.72 bits per heavy atom. The zero-order valence-corrected chi connectivity index (χ0v) is 22.3. The number of hydrogen-bond acceptors (Lipinski definition) is 4. The number of aromatic hydroxyl groups is 1. The van der Waals surface area contributed by atoms with E-state index in [9.17, 15) is 19.1 Å². The number of Topliss-reactive ketones (excluding diaryl/α,β-unsaturated/α-hetero) is 1. The van der Waals surface area contributed by atoms with E-state index in [0.717, 1.165) is 25.7 Å². The predicted octanol–water partition coefficient (Wildman–Crippen LogP) is 6.18. The molecule has 6 atom stereocenters. The first-order valence-electron chi connectivity index (χ1n) is 14.2. The topological polar surface area (TPSA) is 79.3 Å². The molecule has 0 saturated heterocycles. The molecule has 202 valence electrons. The number of fused-ring (bicyclic) bond motifs is 5. The summed E-state index contributed by atoms with van der Waals surface area (Å²) in [5.41, 5.74) is 3.34. The van der Waals surface area contributed by atoms with Gasteiger partial charge < -0.3 is 10.4 Å². The molecule has 5 nitrogen and oxygen atoms in total. The van der Waals surface area contributed by atoms with Crippen molar-refractivity contribution in [2.75, 3.05) is 6.54 Å². The molecule has 3 aliphatic carbocycles. The highest BCUT2D eigenvalue weighted by Crippen LogP contribution is 2.63. The summed E-state index contributed by atoms with van der Waals surface area (Å²) in [6.45, 7) is 2.49. The summed E-state index contributed by atoms with van der Waals surface area (Å²) in [6.07, 6.45) is 4.96. The third kappa shape index (κ3) is 4.54. The fraction of sp³-hybridized carbons (Fsp3) is 0.424. The standard InChI is InChI=1S/C33H35FN2O3/c1-33-17-15-22-21-8-3-2-7-20(21)13-14-24(22)31(33)26(19-29(33)38)23(27-10-6-12-30(34)36-27)16-18-35-32(39)25-9-4-5-11-28(25)37/h2-12,22-24,26,31,37H,13-19H2,1H3,(H,35,39)/t22?,23?,24?,26-,31?,33+/m0/s1. The molecule has 39 heavy (non-hydrogen) atoms. The summed E-state index contributed by atoms with van der Waals surface area (Å²) in [7, 11) is 0. The van der Waals surface area contributed by atoms with Crippen LogP contribution in [0.15, 0.2) is 66.7 Å². The summed E-state index contributed by atoms with van der Waals surface area (Å²) in [5.74, 6) is 0.222. The number of aromatic nitrogens is 1. The van der Waals surface area contributed by atoms with Crippen molar-refractivity contribution in [3.8, 4) is 5.75 Å². The second kappa shape index (κ2) is 10.2. The second-order valence-corrected chi connectivity index (χ2v) is 11.8. The normalized spacial score (nSPS) is 28.2. The number of ketones is 1. The minimum absolute atomic E-state index is 0.0249. The largest absolute Gasteiger partial charge is 0.507 e. The molecule has 1 aromatic heterocycles. The number of phenols is 1. The van der Waals surface area contributed by atoms with Crippen molar-refractivity contribution in [3.05, 3.63) is 95.1 Å². The number of halogens is 1. The molecule has 2 N–H and O–H groups in total. The number of benzene rings is 2. The van der Waals surface area contributed by atoms with E-state index in [4.69, 9.17) is 0 Å². The lowest BCUT2D eigenvalue weighted by Crippen LogP contribution is -2.45. The minimum Gasteiger partial charge on any atom is -0.507 e. The Bertz CT molecular complexity index is 1410. The summed E-state index contributed by atoms with van der Waals surface area (Å²) in [4.78, 5) is 30.8. The Kier molecular flexibility index (Phi) is 6.74. The van der Waals surface area contributed by atoms with Crippen molar-refractivity contribution in [3.63, 3.8) is 0 Å². The van der Waals surface area contributed by atoms with Crippen molar-refractivity contribution in [1.29, 1.82) is 0 Å². The Labute approximate surface area is 228 Å². The lowest BCUT2D eigenvalue weighted by atomic mass is 9.53. The van der Waals surface area contributed by atoms with Gasteiger partial charge in [0.1, 0.15) is 11.5 Å². The molecule has 3 aliphatic rings. The molecule has 6 rings (SSSR count). The lowest BCUT2D eigenvalue weighted by Gasteiger charge is -2.50. The first kappa shape index (κ1) is 25.7. The molecule has 4 unspecified atom stereocenters. The first-order valence-corrected chi connectivity index (χ1v) is 14.2. The average Bonchev–Trinajstić information content (AvgIpc) is 3.21. The smallest absolute Gasteiger partial charge is 0.255 e. The number of carbonyl (C=O) groups is 2. The van der Waals surface area contributed by atoms with Crippen molar-refractivity contribution in [1.82, 2.24) is 10.3 Å². The molecule has 0 spiro atoms. The van der Waals surface area contributed by atoms with Gasteiger partial charge in [0.05, 0.1) is 5.56 Å². The lowest BCUT2D eigenvalue weighted by molar-refractivity contribution is -0.129. The van der Waals surface area contributed by atoms with Gasteiger partial charge in [-0.05, 0) is 91.2 Å². The maximum absolute atomic E-state index is 14.4. The second-order valence-electron chi connectivity index (χ2n) is 11.8. The molecule has 2 fully saturated rings. The zero-order chi connectivity index (χ0) is 27.1. The molecule has 2 aromatic carbocycles. The molecule has 1 amide bonds. The quantitative estimate of drug-likeness (QED) is 0.376. The SMILES string of the molecule is C[C@]12CCC3c4ccccc4CCC3C1[C@H](C(CCNC(=O)c1ccccc1O)c1cccc(F)n1)CC2=O. The first-order chi connectivity index (χ1) is 18.9. The maximum atomic E-state index is 14.4. The molecule has 6 heteroatoms. The maximum Gasteiger partial charge on any atom is 0.255 e. The average molecular weight is 527 g/mol. The monoisotopic (exact) mass is 526 g/mol. The van der Waals surface area contributed by atoms with Crippen molar-refractivity contribution in [2.24, 2.45) is 23.2 Å². The number of nitrogens with one attached hydrogen (secondary N) is 1. The number of carbonyl (C=O) groups excluding carboxylic acids is 2. The summed E-state index contributed by atoms with van der Waals surface area (Å²) in [6, 6.07) is 20.1. The van der Waals surface area contributed by atoms with E-state index in [0.29, 0.717) is 42.7 Å². The van der Waals surface area contributed by atoms with E-state index < -0.39 is 5.95 Å². The number of nitrogens with zero attached hydrogens (tertiary/aromatic N) is 1. The molecule has 0 bridgehead atoms. The predicted molar refractivity (Wildman–Crippen MR) is 147 cm³/mol. The van der Waals surface area contributed by atoms with Gasteiger partial charge >= 0.3 is 0 Å². The molecule has 3 aromatic rings. The van der Waals surface area contributed by atoms with E-state index in [1.54, 1.807) is 24.3 Å². The van der Waals surface area contributed by atoms with Gasteiger partial charge in [0, 0.05) is 30.0 Å². The van der Waals surface area contributed by atoms with Gasteiger partial charge in [-0.3, -0.25) is 9.59 Å². The van der Waals surface area contributed by atoms with E-state index in [1.807, 2.05) is 6.07 Å². The number of aryl methyl sites for hydroxylation is 1. The Morgan fingerprint density at radius 1 is 1.10 bits per heavy atom. The van der Waals surface area contributed by atoms with Crippen molar-refractivity contribution >= 4 is 11.7 Å². The van der Waals surface area contributed by atoms with Gasteiger partial charge in [0.25, 0.3) is 5.91 Å². The van der Waals surface area contributed by atoms with E-state index in [1.165, 1.54) is 23.3 Å². The molecule has 1 heterocycles. The van der Waals surface area contributed by atoms with E-state index in [-0.39, 0.29) is 40.4 Å². The van der Waals surface area contributed by atoms with Gasteiger partial charge in [-0.15, -0.1) is 0 Å². The highest BCUT2D eigenvalue weighted by atomic mass is 19.1. The zero-order valence-electron chi connectivity index (χ0n) is 22.3. The fourth-order valence-corrected chi connectivity index (χ4v) is 8.17. The van der Waals surface area contributed by atoms with Crippen LogP contribution in [0.4, 0.5) is 4.39 Å². The van der Waals surface area contributed by atoms with Crippen LogP contribution in [0.5, 0.6) is 5.75 Å². The van der Waals surface area contributed by atoms with Crippen LogP contribution in [0.1, 0.15) is 78.0 Å². The van der Waals surface area contributed by atoms with Crippen molar-refractivity contribution in [2.45, 2.75) is 57.3 Å². The van der Waals surface area contributed by atoms with E-state index >= 15 is 0 Å². The Balaban J connectivity index is 1.31. The third-order valence-electron chi connectivity index (χ3n) is 9.93. The number of amides is 1. The van der Waals surface area contributed by atoms with Crippen LogP contribution in [0.2, 0.25) is 0 Å². The van der Waals surface area contributed by atoms with Gasteiger partial charge in [0.15, 0.2) is 0 Å². The molecule has 0 radical (unpaired) electrons. The highest BCUT2D eigenvalue weighted by molar-refractivity contribution is 5.96. The number of rotatable bonds is 6. The van der Waals surface area contributed by atoms with Crippen LogP contribution in [-0.4, -0.2) is 28.3 Å². The molecular weight excluding hydrogens is 491 g/mol. The van der Waals surface area contributed by atoms with Gasteiger partial charge in [-0.1, -0.05) is 49.4 Å². The van der Waals surface area contributed by atoms with Crippen LogP contribution in [0.3, 0.4) is 0 Å². The summed E-state index contributed by atoms with van der Waals surface area (Å²) < 4.78 is 14.4. The number of para-hydroxylation sites is 1. The number of pyridine rings is 1. The summed E-state index contributed by atoms with van der Waals surface area (Å²) in [5, 5.41) is 13.0. The van der Waals surface area contributed by atoms with Gasteiger partial charge in [0.2, 0.25) is 5.95 Å². The van der Waals surface area contributed by atoms with Crippen LogP contribution in [-0.2, 0) is 11.2 Å². The summed E-state index contributed by atoms with van der Waals surface area (Å²) >= 11 is 0. The highest BCUT2D eigenvalue weighted by Gasteiger charge is 2.60. The molecule has 0 aliphatic heterocycles. The fourth-order valence-electron chi connectivity index (χ4n) is 8.17. The Hall–Kier alpha value is -3.54. The van der Waals surface area contributed by atoms with Crippen LogP contribution in [0, 0.1) is 29.1 Å². The van der Waals surface area contributed by atoms with Crippen LogP contribution < -0.4 is 5.32 Å². The van der Waals surface area contributed by atoms with Gasteiger partial charge in [-0.2, -0.15) is 4.39 Å². The third-order valence-corrected chi connectivity index (χ3v) is 9.93. The van der Waals surface area contributed by atoms with Crippen molar-refractivity contribution < 1.29 is 19.1 Å². The van der Waals surface area contributed by atoms with Crippen LogP contribution in [0.25, 0.3) is 0 Å². The van der Waals surface area contributed by atoms with Gasteiger partial charge in [-0.25, -0.2) is 4.98 Å². The number of hydrogen-bond donors (Lipinski definition) is 2. The minimum atomic E-state index is -0.532. The Morgan fingerprint density at radius 2 is 1.90 bits per heavy atom. The molecular formula is C33H35FN2O3. The molecule has 2 saturated carbocycles.